The third kappa shape index (κ3) is 6.61. The van der Waals surface area contributed by atoms with Crippen molar-refractivity contribution in [2.75, 3.05) is 39.5 Å². The Bertz CT molecular complexity index is 1070. The molecule has 180 valence electrons. The van der Waals surface area contributed by atoms with Gasteiger partial charge in [0.1, 0.15) is 24.0 Å². The molecule has 0 saturated carbocycles. The molecular weight excluding hydrogens is 442 g/mol. The van der Waals surface area contributed by atoms with Crippen LogP contribution in [0.2, 0.25) is 0 Å². The number of oxime groups is 1. The van der Waals surface area contributed by atoms with Crippen molar-refractivity contribution >= 4 is 5.71 Å². The van der Waals surface area contributed by atoms with Gasteiger partial charge in [0.05, 0.1) is 31.8 Å². The van der Waals surface area contributed by atoms with Crippen LogP contribution in [0, 0.1) is 11.6 Å². The molecule has 34 heavy (non-hydrogen) atoms. The minimum absolute atomic E-state index is 0.218. The molecule has 1 aromatic heterocycles. The van der Waals surface area contributed by atoms with Gasteiger partial charge in [0, 0.05) is 43.7 Å². The fourth-order valence-electron chi connectivity index (χ4n) is 3.64. The first-order chi connectivity index (χ1) is 16.6. The molecule has 1 saturated heterocycles. The molecule has 1 atom stereocenters. The summed E-state index contributed by atoms with van der Waals surface area (Å²) in [7, 11) is 0. The van der Waals surface area contributed by atoms with Gasteiger partial charge in [-0.25, -0.2) is 13.8 Å². The van der Waals surface area contributed by atoms with Crippen LogP contribution in [-0.2, 0) is 16.1 Å². The van der Waals surface area contributed by atoms with Crippen LogP contribution in [0.25, 0.3) is 0 Å². The molecule has 0 radical (unpaired) electrons. The lowest BCUT2D eigenvalue weighted by Gasteiger charge is -2.26. The van der Waals surface area contributed by atoms with Gasteiger partial charge < -0.3 is 18.9 Å². The number of benzene rings is 2. The first kappa shape index (κ1) is 23.8. The summed E-state index contributed by atoms with van der Waals surface area (Å²) in [6.07, 6.45) is 4.21. The molecule has 1 unspecified atom stereocenters. The highest BCUT2D eigenvalue weighted by Gasteiger charge is 2.19. The largest absolute Gasteiger partial charge is 0.492 e. The predicted molar refractivity (Wildman–Crippen MR) is 124 cm³/mol. The van der Waals surface area contributed by atoms with Gasteiger partial charge in [-0.05, 0) is 48.9 Å². The fourth-order valence-corrected chi connectivity index (χ4v) is 3.64. The Kier molecular flexibility index (Phi) is 8.21. The zero-order valence-corrected chi connectivity index (χ0v) is 19.1. The molecule has 0 amide bonds. The summed E-state index contributed by atoms with van der Waals surface area (Å²) in [6.45, 7) is 6.95. The van der Waals surface area contributed by atoms with Crippen molar-refractivity contribution in [2.45, 2.75) is 19.6 Å². The topological polar surface area (TPSA) is 61.1 Å². The van der Waals surface area contributed by atoms with E-state index in [0.717, 1.165) is 50.2 Å². The third-order valence-corrected chi connectivity index (χ3v) is 5.61. The lowest BCUT2D eigenvalue weighted by Crippen LogP contribution is -2.38. The fraction of sp³-hybridized carbons (Fsp3) is 0.360. The number of hydrogen-bond acceptors (Lipinski definition) is 6. The lowest BCUT2D eigenvalue weighted by atomic mass is 10.1. The quantitative estimate of drug-likeness (QED) is 0.331. The Morgan fingerprint density at radius 3 is 2.65 bits per heavy atom. The van der Waals surface area contributed by atoms with Crippen molar-refractivity contribution in [3.05, 3.63) is 83.9 Å². The van der Waals surface area contributed by atoms with E-state index < -0.39 is 17.7 Å². The zero-order chi connectivity index (χ0) is 23.8. The summed E-state index contributed by atoms with van der Waals surface area (Å²) < 4.78 is 40.8. The predicted octanol–water partition coefficient (Wildman–Crippen LogP) is 4.05. The molecule has 3 aromatic rings. The number of rotatable bonds is 10. The maximum Gasteiger partial charge on any atom is 0.173 e. The Balaban J connectivity index is 1.38. The van der Waals surface area contributed by atoms with Crippen molar-refractivity contribution in [3.63, 3.8) is 0 Å². The molecule has 0 bridgehead atoms. The Morgan fingerprint density at radius 1 is 1.15 bits per heavy atom. The summed E-state index contributed by atoms with van der Waals surface area (Å²) in [5, 5.41) is 4.23. The monoisotopic (exact) mass is 470 g/mol. The van der Waals surface area contributed by atoms with Crippen LogP contribution < -0.4 is 4.74 Å². The molecule has 0 spiro atoms. The maximum atomic E-state index is 14.4. The second-order valence-electron chi connectivity index (χ2n) is 8.02. The third-order valence-electron chi connectivity index (χ3n) is 5.61. The normalized spacial score (nSPS) is 15.8. The molecule has 1 aliphatic heterocycles. The van der Waals surface area contributed by atoms with Crippen LogP contribution >= 0.6 is 0 Å². The first-order valence-corrected chi connectivity index (χ1v) is 11.2. The van der Waals surface area contributed by atoms with Crippen LogP contribution in [0.5, 0.6) is 5.75 Å². The molecule has 9 heteroatoms. The number of ether oxygens (including phenoxy) is 2. The van der Waals surface area contributed by atoms with E-state index in [9.17, 15) is 8.78 Å². The highest BCUT2D eigenvalue weighted by atomic mass is 19.1. The molecule has 0 N–H and O–H groups in total. The second kappa shape index (κ2) is 11.7. The van der Waals surface area contributed by atoms with Crippen molar-refractivity contribution < 1.29 is 23.1 Å². The van der Waals surface area contributed by atoms with E-state index in [1.165, 1.54) is 12.1 Å². The second-order valence-corrected chi connectivity index (χ2v) is 8.02. The lowest BCUT2D eigenvalue weighted by molar-refractivity contribution is 0.0322. The van der Waals surface area contributed by atoms with Crippen LogP contribution in [-0.4, -0.2) is 59.6 Å². The number of hydrogen-bond donors (Lipinski definition) is 0. The molecule has 7 nitrogen and oxygen atoms in total. The number of morpholine rings is 1. The highest BCUT2D eigenvalue weighted by molar-refractivity contribution is 5.98. The van der Waals surface area contributed by atoms with Gasteiger partial charge in [0.15, 0.2) is 6.10 Å². The van der Waals surface area contributed by atoms with Gasteiger partial charge in [-0.15, -0.1) is 0 Å². The van der Waals surface area contributed by atoms with Gasteiger partial charge in [-0.3, -0.25) is 4.90 Å². The first-order valence-electron chi connectivity index (χ1n) is 11.2. The summed E-state index contributed by atoms with van der Waals surface area (Å²) in [4.78, 5) is 12.0. The molecule has 1 aliphatic rings. The molecular formula is C25H28F2N4O3. The smallest absolute Gasteiger partial charge is 0.173 e. The van der Waals surface area contributed by atoms with Gasteiger partial charge >= 0.3 is 0 Å². The summed E-state index contributed by atoms with van der Waals surface area (Å²) in [5.74, 6) is -0.553. The maximum absolute atomic E-state index is 14.4. The zero-order valence-electron chi connectivity index (χ0n) is 19.1. The van der Waals surface area contributed by atoms with Crippen molar-refractivity contribution in [1.82, 2.24) is 14.5 Å². The van der Waals surface area contributed by atoms with Crippen LogP contribution in [0.1, 0.15) is 24.2 Å². The minimum Gasteiger partial charge on any atom is -0.492 e. The van der Waals surface area contributed by atoms with E-state index in [1.54, 1.807) is 23.3 Å². The van der Waals surface area contributed by atoms with E-state index in [1.807, 2.05) is 31.2 Å². The number of nitrogens with zero attached hydrogens (tertiary/aromatic N) is 4. The van der Waals surface area contributed by atoms with Crippen LogP contribution in [0.3, 0.4) is 0 Å². The van der Waals surface area contributed by atoms with E-state index in [2.05, 4.69) is 15.0 Å². The summed E-state index contributed by atoms with van der Waals surface area (Å²) in [5.41, 5.74) is 1.69. The van der Waals surface area contributed by atoms with Crippen LogP contribution in [0.4, 0.5) is 8.78 Å². The molecule has 0 aliphatic carbocycles. The van der Waals surface area contributed by atoms with Gasteiger partial charge in [-0.2, -0.15) is 0 Å². The molecule has 4 rings (SSSR count). The van der Waals surface area contributed by atoms with Crippen molar-refractivity contribution in [1.29, 1.82) is 0 Å². The standard InChI is InChI=1S/C25H28F2N4O3/c1-19(20-2-5-22(6-3-20)33-15-12-30-10-13-32-14-11-30)29-34-25(17-31-9-8-28-18-31)23-7-4-21(26)16-24(23)27/h2-9,16,18,25H,10-15,17H2,1H3/b29-19+. The molecule has 1 fully saturated rings. The van der Waals surface area contributed by atoms with Crippen LogP contribution in [0.15, 0.2) is 66.3 Å². The van der Waals surface area contributed by atoms with Gasteiger partial charge in [0.2, 0.25) is 0 Å². The average molecular weight is 471 g/mol. The number of aromatic nitrogens is 2. The summed E-state index contributed by atoms with van der Waals surface area (Å²) in [6, 6.07) is 11.0. The molecule has 2 heterocycles. The molecule has 2 aromatic carbocycles. The Labute approximate surface area is 197 Å². The SMILES string of the molecule is C/C(=N\OC(Cn1ccnc1)c1ccc(F)cc1F)c1ccc(OCCN2CCOCC2)cc1. The van der Waals surface area contributed by atoms with E-state index in [0.29, 0.717) is 12.3 Å². The number of halogens is 2. The van der Waals surface area contributed by atoms with E-state index in [-0.39, 0.29) is 12.1 Å². The van der Waals surface area contributed by atoms with E-state index in [4.69, 9.17) is 14.3 Å². The van der Waals surface area contributed by atoms with Gasteiger partial charge in [0.25, 0.3) is 0 Å². The Morgan fingerprint density at radius 2 is 1.94 bits per heavy atom. The average Bonchev–Trinajstić information content (AvgIpc) is 3.36. The van der Waals surface area contributed by atoms with Crippen molar-refractivity contribution in [2.24, 2.45) is 5.16 Å². The van der Waals surface area contributed by atoms with E-state index >= 15 is 0 Å². The van der Waals surface area contributed by atoms with Crippen molar-refractivity contribution in [3.8, 4) is 5.75 Å². The highest BCUT2D eigenvalue weighted by Crippen LogP contribution is 2.24. The summed E-state index contributed by atoms with van der Waals surface area (Å²) >= 11 is 0. The minimum atomic E-state index is -0.757. The van der Waals surface area contributed by atoms with Gasteiger partial charge in [-0.1, -0.05) is 5.16 Å². The number of imidazole rings is 1. The Hall–Kier alpha value is -3.30.